The van der Waals surface area contributed by atoms with Crippen LogP contribution in [0.25, 0.3) is 0 Å². The van der Waals surface area contributed by atoms with Gasteiger partial charge in [0.2, 0.25) is 5.91 Å². The van der Waals surface area contributed by atoms with Gasteiger partial charge < -0.3 is 9.88 Å². The molecule has 0 radical (unpaired) electrons. The highest BCUT2D eigenvalue weighted by Gasteiger charge is 2.26. The molecule has 0 bridgehead atoms. The Balaban J connectivity index is 1.55. The molecule has 122 valence electrons. The van der Waals surface area contributed by atoms with E-state index in [0.717, 1.165) is 17.1 Å². The van der Waals surface area contributed by atoms with Gasteiger partial charge in [0.15, 0.2) is 5.16 Å². The van der Waals surface area contributed by atoms with Crippen LogP contribution < -0.4 is 5.32 Å². The number of hydrogen-bond acceptors (Lipinski definition) is 4. The first-order valence-corrected chi connectivity index (χ1v) is 9.11. The SMILES string of the molecule is CCC(NC(=O)CSc1nncn1C1CC1)c1ccc(Cl)cc1. The van der Waals surface area contributed by atoms with Crippen LogP contribution in [0.15, 0.2) is 35.7 Å². The molecule has 1 amide bonds. The molecule has 1 saturated carbocycles. The molecule has 1 N–H and O–H groups in total. The number of aromatic nitrogens is 3. The maximum absolute atomic E-state index is 12.2. The molecule has 23 heavy (non-hydrogen) atoms. The van der Waals surface area contributed by atoms with Gasteiger partial charge >= 0.3 is 0 Å². The Morgan fingerprint density at radius 3 is 2.83 bits per heavy atom. The summed E-state index contributed by atoms with van der Waals surface area (Å²) in [5.74, 6) is 0.345. The zero-order valence-electron chi connectivity index (χ0n) is 12.9. The molecule has 1 unspecified atom stereocenters. The standard InChI is InChI=1S/C16H19ClN4OS/c1-2-14(11-3-5-12(17)6-4-11)19-15(22)9-23-16-20-18-10-21(16)13-7-8-13/h3-6,10,13-14H,2,7-9H2,1H3,(H,19,22). The van der Waals surface area contributed by atoms with Gasteiger partial charge in [-0.05, 0) is 37.0 Å². The van der Waals surface area contributed by atoms with Crippen molar-refractivity contribution in [3.05, 3.63) is 41.2 Å². The Morgan fingerprint density at radius 2 is 2.17 bits per heavy atom. The number of carbonyl (C=O) groups is 1. The number of nitrogens with zero attached hydrogens (tertiary/aromatic N) is 3. The van der Waals surface area contributed by atoms with Crippen LogP contribution in [0.2, 0.25) is 5.02 Å². The van der Waals surface area contributed by atoms with E-state index < -0.39 is 0 Å². The van der Waals surface area contributed by atoms with Crippen molar-refractivity contribution in [3.63, 3.8) is 0 Å². The molecular weight excluding hydrogens is 332 g/mol. The van der Waals surface area contributed by atoms with Gasteiger partial charge in [0.25, 0.3) is 0 Å². The van der Waals surface area contributed by atoms with E-state index in [-0.39, 0.29) is 11.9 Å². The topological polar surface area (TPSA) is 59.8 Å². The fourth-order valence-electron chi connectivity index (χ4n) is 2.42. The van der Waals surface area contributed by atoms with Crippen LogP contribution in [0.1, 0.15) is 43.8 Å². The molecule has 5 nitrogen and oxygen atoms in total. The Labute approximate surface area is 144 Å². The summed E-state index contributed by atoms with van der Waals surface area (Å²) < 4.78 is 2.06. The smallest absolute Gasteiger partial charge is 0.230 e. The van der Waals surface area contributed by atoms with Crippen molar-refractivity contribution in [1.29, 1.82) is 0 Å². The minimum Gasteiger partial charge on any atom is -0.349 e. The maximum atomic E-state index is 12.2. The number of rotatable bonds is 7. The van der Waals surface area contributed by atoms with Crippen molar-refractivity contribution in [2.45, 2.75) is 43.4 Å². The van der Waals surface area contributed by atoms with Crippen molar-refractivity contribution < 1.29 is 4.79 Å². The average Bonchev–Trinajstić information content (AvgIpc) is 3.30. The molecule has 2 aromatic rings. The summed E-state index contributed by atoms with van der Waals surface area (Å²) in [5, 5.41) is 12.6. The fourth-order valence-corrected chi connectivity index (χ4v) is 3.34. The van der Waals surface area contributed by atoms with E-state index in [4.69, 9.17) is 11.6 Å². The second kappa shape index (κ2) is 7.36. The third kappa shape index (κ3) is 4.26. The van der Waals surface area contributed by atoms with Crippen LogP contribution in [0, 0.1) is 0 Å². The molecule has 3 rings (SSSR count). The highest BCUT2D eigenvalue weighted by molar-refractivity contribution is 7.99. The van der Waals surface area contributed by atoms with E-state index in [1.54, 1.807) is 6.33 Å². The van der Waals surface area contributed by atoms with E-state index in [0.29, 0.717) is 16.8 Å². The predicted octanol–water partition coefficient (Wildman–Crippen LogP) is 3.63. The second-order valence-electron chi connectivity index (χ2n) is 5.62. The highest BCUT2D eigenvalue weighted by atomic mass is 35.5. The number of halogens is 1. The first-order valence-electron chi connectivity index (χ1n) is 7.74. The third-order valence-electron chi connectivity index (χ3n) is 3.83. The molecule has 7 heteroatoms. The third-order valence-corrected chi connectivity index (χ3v) is 5.04. The molecule has 0 saturated heterocycles. The zero-order chi connectivity index (χ0) is 16.2. The molecule has 1 aliphatic carbocycles. The molecule has 1 aliphatic rings. The van der Waals surface area contributed by atoms with Crippen molar-refractivity contribution in [1.82, 2.24) is 20.1 Å². The summed E-state index contributed by atoms with van der Waals surface area (Å²) >= 11 is 7.35. The Morgan fingerprint density at radius 1 is 1.43 bits per heavy atom. The number of hydrogen-bond donors (Lipinski definition) is 1. The van der Waals surface area contributed by atoms with Crippen LogP contribution in [-0.4, -0.2) is 26.4 Å². The van der Waals surface area contributed by atoms with Crippen molar-refractivity contribution >= 4 is 29.3 Å². The summed E-state index contributed by atoms with van der Waals surface area (Å²) in [6.07, 6.45) is 4.93. The van der Waals surface area contributed by atoms with E-state index in [1.165, 1.54) is 24.6 Å². The molecule has 1 heterocycles. The van der Waals surface area contributed by atoms with E-state index in [1.807, 2.05) is 24.3 Å². The lowest BCUT2D eigenvalue weighted by molar-refractivity contribution is -0.119. The Bertz CT molecular complexity index is 669. The summed E-state index contributed by atoms with van der Waals surface area (Å²) in [6.45, 7) is 2.05. The van der Waals surface area contributed by atoms with Crippen LogP contribution in [0.4, 0.5) is 0 Å². The number of carbonyl (C=O) groups excluding carboxylic acids is 1. The summed E-state index contributed by atoms with van der Waals surface area (Å²) in [5.41, 5.74) is 1.07. The van der Waals surface area contributed by atoms with Crippen molar-refractivity contribution in [2.75, 3.05) is 5.75 Å². The molecule has 1 aromatic carbocycles. The highest BCUT2D eigenvalue weighted by Crippen LogP contribution is 2.37. The Hall–Kier alpha value is -1.53. The normalized spacial score (nSPS) is 15.4. The summed E-state index contributed by atoms with van der Waals surface area (Å²) in [6, 6.07) is 8.12. The van der Waals surface area contributed by atoms with Crippen molar-refractivity contribution in [2.24, 2.45) is 0 Å². The van der Waals surface area contributed by atoms with E-state index >= 15 is 0 Å². The van der Waals surface area contributed by atoms with Gasteiger partial charge in [-0.25, -0.2) is 0 Å². The average molecular weight is 351 g/mol. The Kier molecular flexibility index (Phi) is 5.23. The molecule has 1 atom stereocenters. The molecule has 0 aliphatic heterocycles. The number of amides is 1. The van der Waals surface area contributed by atoms with E-state index in [9.17, 15) is 4.79 Å². The summed E-state index contributed by atoms with van der Waals surface area (Å²) in [4.78, 5) is 12.2. The second-order valence-corrected chi connectivity index (χ2v) is 7.00. The van der Waals surface area contributed by atoms with Gasteiger partial charge in [-0.2, -0.15) is 0 Å². The van der Waals surface area contributed by atoms with Crippen LogP contribution in [0.5, 0.6) is 0 Å². The monoisotopic (exact) mass is 350 g/mol. The minimum absolute atomic E-state index is 0.00155. The lowest BCUT2D eigenvalue weighted by atomic mass is 10.0. The lowest BCUT2D eigenvalue weighted by Crippen LogP contribution is -2.29. The van der Waals surface area contributed by atoms with Gasteiger partial charge in [0.1, 0.15) is 6.33 Å². The van der Waals surface area contributed by atoms with Gasteiger partial charge in [-0.1, -0.05) is 42.4 Å². The first kappa shape index (κ1) is 16.3. The first-order chi connectivity index (χ1) is 11.2. The van der Waals surface area contributed by atoms with Gasteiger partial charge in [-0.15, -0.1) is 10.2 Å². The largest absolute Gasteiger partial charge is 0.349 e. The zero-order valence-corrected chi connectivity index (χ0v) is 14.5. The van der Waals surface area contributed by atoms with Gasteiger partial charge in [-0.3, -0.25) is 4.79 Å². The number of nitrogens with one attached hydrogen (secondary N) is 1. The van der Waals surface area contributed by atoms with Crippen LogP contribution in [-0.2, 0) is 4.79 Å². The van der Waals surface area contributed by atoms with Gasteiger partial charge in [0, 0.05) is 11.1 Å². The minimum atomic E-state index is 0.00155. The van der Waals surface area contributed by atoms with E-state index in [2.05, 4.69) is 27.0 Å². The lowest BCUT2D eigenvalue weighted by Gasteiger charge is -2.17. The fraction of sp³-hybridized carbons (Fsp3) is 0.438. The number of thioether (sulfide) groups is 1. The van der Waals surface area contributed by atoms with Crippen LogP contribution >= 0.6 is 23.4 Å². The quantitative estimate of drug-likeness (QED) is 0.775. The maximum Gasteiger partial charge on any atom is 0.230 e. The molecule has 1 aromatic heterocycles. The van der Waals surface area contributed by atoms with Crippen LogP contribution in [0.3, 0.4) is 0 Å². The molecule has 0 spiro atoms. The van der Waals surface area contributed by atoms with Gasteiger partial charge in [0.05, 0.1) is 11.8 Å². The number of benzene rings is 1. The summed E-state index contributed by atoms with van der Waals surface area (Å²) in [7, 11) is 0. The molecular formula is C16H19ClN4OS. The molecule has 1 fully saturated rings. The predicted molar refractivity (Wildman–Crippen MR) is 91.6 cm³/mol. The van der Waals surface area contributed by atoms with Crippen molar-refractivity contribution in [3.8, 4) is 0 Å².